The first-order chi connectivity index (χ1) is 12.1. The van der Waals surface area contributed by atoms with Crippen LogP contribution in [-0.4, -0.2) is 39.9 Å². The Morgan fingerprint density at radius 3 is 2.56 bits per heavy atom. The molecule has 1 heterocycles. The molecule has 5 nitrogen and oxygen atoms in total. The third kappa shape index (κ3) is 3.56. The number of phenols is 1. The van der Waals surface area contributed by atoms with Gasteiger partial charge in [0.2, 0.25) is 0 Å². The minimum absolute atomic E-state index is 0.0588. The Morgan fingerprint density at radius 2 is 1.84 bits per heavy atom. The highest BCUT2D eigenvalue weighted by Crippen LogP contribution is 2.31. The molecule has 0 fully saturated rings. The lowest BCUT2D eigenvalue weighted by molar-refractivity contribution is 0.301. The van der Waals surface area contributed by atoms with E-state index in [0.717, 1.165) is 35.2 Å². The van der Waals surface area contributed by atoms with E-state index < -0.39 is 0 Å². The predicted molar refractivity (Wildman–Crippen MR) is 101 cm³/mol. The molecule has 1 aromatic heterocycles. The van der Waals surface area contributed by atoms with Crippen LogP contribution < -0.4 is 4.90 Å². The highest BCUT2D eigenvalue weighted by molar-refractivity contribution is 5.91. The number of aryl methyl sites for hydroxylation is 1. The molecule has 0 aliphatic carbocycles. The number of rotatable bonds is 6. The van der Waals surface area contributed by atoms with Gasteiger partial charge in [-0.05, 0) is 43.2 Å². The van der Waals surface area contributed by atoms with Gasteiger partial charge < -0.3 is 15.1 Å². The topological polar surface area (TPSA) is 69.5 Å². The molecule has 0 radical (unpaired) electrons. The van der Waals surface area contributed by atoms with E-state index in [4.69, 9.17) is 4.98 Å². The second-order valence-electron chi connectivity index (χ2n) is 6.12. The summed E-state index contributed by atoms with van der Waals surface area (Å²) < 4.78 is 0. The Morgan fingerprint density at radius 1 is 1.04 bits per heavy atom. The molecule has 3 rings (SSSR count). The quantitative estimate of drug-likeness (QED) is 0.720. The average Bonchev–Trinajstić information content (AvgIpc) is 2.60. The highest BCUT2D eigenvalue weighted by atomic mass is 16.3. The van der Waals surface area contributed by atoms with Gasteiger partial charge >= 0.3 is 0 Å². The summed E-state index contributed by atoms with van der Waals surface area (Å²) in [5, 5.41) is 20.6. The van der Waals surface area contributed by atoms with Crippen LogP contribution in [0.5, 0.6) is 5.75 Å². The molecule has 2 N–H and O–H groups in total. The molecule has 0 atom stereocenters. The zero-order valence-electron chi connectivity index (χ0n) is 14.6. The Hall–Kier alpha value is -2.66. The molecule has 0 spiro atoms. The number of hydrogen-bond acceptors (Lipinski definition) is 5. The molecule has 0 amide bonds. The number of fused-ring (bicyclic) bond motifs is 1. The molecule has 25 heavy (non-hydrogen) atoms. The van der Waals surface area contributed by atoms with Crippen molar-refractivity contribution < 1.29 is 10.2 Å². The maximum Gasteiger partial charge on any atom is 0.165 e. The maximum absolute atomic E-state index is 10.2. The molecule has 0 saturated carbocycles. The number of aromatic nitrogens is 2. The largest absolute Gasteiger partial charge is 0.507 e. The number of aromatic hydroxyl groups is 1. The summed E-state index contributed by atoms with van der Waals surface area (Å²) in [5.41, 5.74) is 2.56. The van der Waals surface area contributed by atoms with Crippen molar-refractivity contribution in [2.24, 2.45) is 0 Å². The molecule has 0 unspecified atom stereocenters. The second-order valence-corrected chi connectivity index (χ2v) is 6.12. The number of nitrogens with zero attached hydrogens (tertiary/aromatic N) is 3. The second kappa shape index (κ2) is 7.49. The van der Waals surface area contributed by atoms with Crippen molar-refractivity contribution in [2.45, 2.75) is 20.3 Å². The van der Waals surface area contributed by atoms with Crippen LogP contribution in [0.15, 0.2) is 42.5 Å². The maximum atomic E-state index is 10.2. The van der Waals surface area contributed by atoms with E-state index >= 15 is 0 Å². The van der Waals surface area contributed by atoms with Crippen molar-refractivity contribution in [3.63, 3.8) is 0 Å². The van der Waals surface area contributed by atoms with Crippen molar-refractivity contribution in [1.82, 2.24) is 9.97 Å². The summed E-state index contributed by atoms with van der Waals surface area (Å²) in [7, 11) is 0. The lowest BCUT2D eigenvalue weighted by Gasteiger charge is -2.24. The number of hydrogen-bond donors (Lipinski definition) is 2. The molecule has 0 bridgehead atoms. The van der Waals surface area contributed by atoms with E-state index in [1.54, 1.807) is 12.1 Å². The number of phenolic OH excluding ortho intramolecular Hbond substituents is 1. The van der Waals surface area contributed by atoms with Crippen molar-refractivity contribution in [3.8, 4) is 17.1 Å². The van der Waals surface area contributed by atoms with E-state index in [0.29, 0.717) is 17.9 Å². The van der Waals surface area contributed by atoms with Gasteiger partial charge in [-0.25, -0.2) is 9.97 Å². The zero-order chi connectivity index (χ0) is 17.8. The standard InChI is InChI=1S/C20H23N3O2/c1-3-10-23(11-12-24)20-15-9-8-14(2)13-17(15)21-19(22-20)16-6-4-5-7-18(16)25/h4-9,13,24-25H,3,10-12H2,1-2H3. The summed E-state index contributed by atoms with van der Waals surface area (Å²) in [6.45, 7) is 5.48. The summed E-state index contributed by atoms with van der Waals surface area (Å²) in [5.74, 6) is 1.44. The smallest absolute Gasteiger partial charge is 0.165 e. The van der Waals surface area contributed by atoms with Crippen molar-refractivity contribution in [1.29, 1.82) is 0 Å². The Bertz CT molecular complexity index is 874. The van der Waals surface area contributed by atoms with E-state index in [1.807, 2.05) is 37.3 Å². The van der Waals surface area contributed by atoms with E-state index in [2.05, 4.69) is 16.8 Å². The Balaban J connectivity index is 2.24. The van der Waals surface area contributed by atoms with Crippen LogP contribution in [0.1, 0.15) is 18.9 Å². The summed E-state index contributed by atoms with van der Waals surface area (Å²) >= 11 is 0. The Kier molecular flexibility index (Phi) is 5.14. The molecule has 5 heteroatoms. The van der Waals surface area contributed by atoms with Crippen LogP contribution in [0.4, 0.5) is 5.82 Å². The van der Waals surface area contributed by atoms with Gasteiger partial charge in [-0.15, -0.1) is 0 Å². The molecule has 0 aliphatic heterocycles. The fraction of sp³-hybridized carbons (Fsp3) is 0.300. The number of benzene rings is 2. The number of para-hydroxylation sites is 1. The molecule has 0 saturated heterocycles. The van der Waals surface area contributed by atoms with Gasteiger partial charge in [0.1, 0.15) is 11.6 Å². The highest BCUT2D eigenvalue weighted by Gasteiger charge is 2.16. The summed E-state index contributed by atoms with van der Waals surface area (Å²) in [6.07, 6.45) is 0.948. The van der Waals surface area contributed by atoms with Crippen LogP contribution in [0.2, 0.25) is 0 Å². The Labute approximate surface area is 147 Å². The van der Waals surface area contributed by atoms with Crippen LogP contribution >= 0.6 is 0 Å². The molecule has 0 aliphatic rings. The molecular formula is C20H23N3O2. The monoisotopic (exact) mass is 337 g/mol. The first-order valence-corrected chi connectivity index (χ1v) is 8.56. The zero-order valence-corrected chi connectivity index (χ0v) is 14.6. The van der Waals surface area contributed by atoms with Gasteiger partial charge in [-0.3, -0.25) is 0 Å². The van der Waals surface area contributed by atoms with Gasteiger partial charge in [-0.1, -0.05) is 25.1 Å². The fourth-order valence-electron chi connectivity index (χ4n) is 2.96. The van der Waals surface area contributed by atoms with E-state index in [1.165, 1.54) is 0 Å². The van der Waals surface area contributed by atoms with Crippen LogP contribution in [-0.2, 0) is 0 Å². The van der Waals surface area contributed by atoms with Crippen molar-refractivity contribution in [2.75, 3.05) is 24.6 Å². The lowest BCUT2D eigenvalue weighted by atomic mass is 10.1. The minimum atomic E-state index is 0.0588. The average molecular weight is 337 g/mol. The van der Waals surface area contributed by atoms with Crippen LogP contribution in [0.25, 0.3) is 22.3 Å². The van der Waals surface area contributed by atoms with Crippen molar-refractivity contribution in [3.05, 3.63) is 48.0 Å². The van der Waals surface area contributed by atoms with Gasteiger partial charge in [0, 0.05) is 18.5 Å². The van der Waals surface area contributed by atoms with E-state index in [9.17, 15) is 10.2 Å². The normalized spacial score (nSPS) is 11.0. The van der Waals surface area contributed by atoms with Gasteiger partial charge in [0.05, 0.1) is 17.7 Å². The van der Waals surface area contributed by atoms with E-state index in [-0.39, 0.29) is 12.4 Å². The third-order valence-electron chi connectivity index (χ3n) is 4.14. The predicted octanol–water partition coefficient (Wildman–Crippen LogP) is 3.52. The lowest BCUT2D eigenvalue weighted by Crippen LogP contribution is -2.28. The molecule has 2 aromatic carbocycles. The summed E-state index contributed by atoms with van der Waals surface area (Å²) in [6, 6.07) is 13.2. The first kappa shape index (κ1) is 17.2. The van der Waals surface area contributed by atoms with Gasteiger partial charge in [-0.2, -0.15) is 0 Å². The minimum Gasteiger partial charge on any atom is -0.507 e. The van der Waals surface area contributed by atoms with Crippen molar-refractivity contribution >= 4 is 16.7 Å². The number of anilines is 1. The number of aliphatic hydroxyl groups excluding tert-OH is 1. The summed E-state index contributed by atoms with van der Waals surface area (Å²) in [4.78, 5) is 11.5. The SMILES string of the molecule is CCCN(CCO)c1nc(-c2ccccc2O)nc2cc(C)ccc12. The number of aliphatic hydroxyl groups is 1. The first-order valence-electron chi connectivity index (χ1n) is 8.56. The fourth-order valence-corrected chi connectivity index (χ4v) is 2.96. The molecular weight excluding hydrogens is 314 g/mol. The molecule has 3 aromatic rings. The molecule has 130 valence electrons. The van der Waals surface area contributed by atoms with Gasteiger partial charge in [0.15, 0.2) is 5.82 Å². The van der Waals surface area contributed by atoms with Gasteiger partial charge in [0.25, 0.3) is 0 Å². The van der Waals surface area contributed by atoms with Crippen LogP contribution in [0.3, 0.4) is 0 Å². The van der Waals surface area contributed by atoms with Crippen LogP contribution in [0, 0.1) is 6.92 Å². The third-order valence-corrected chi connectivity index (χ3v) is 4.14.